The fourth-order valence-corrected chi connectivity index (χ4v) is 1.34. The fraction of sp³-hybridized carbons (Fsp3) is 0.706. The average molecular weight is 268 g/mol. The number of ketones is 1. The van der Waals surface area contributed by atoms with Gasteiger partial charge in [-0.05, 0) is 26.3 Å². The van der Waals surface area contributed by atoms with Crippen molar-refractivity contribution in [1.29, 1.82) is 0 Å². The second-order valence-electron chi connectivity index (χ2n) is 4.99. The summed E-state index contributed by atoms with van der Waals surface area (Å²) in [5.74, 6) is 0.255. The van der Waals surface area contributed by atoms with Crippen LogP contribution in [0, 0.1) is 0 Å². The number of Topliss-reactive ketones (excluding diaryl/α,β-unsaturated/α-hetero) is 1. The third kappa shape index (κ3) is 19.5. The van der Waals surface area contributed by atoms with Crippen LogP contribution >= 0.6 is 0 Å². The van der Waals surface area contributed by atoms with Crippen LogP contribution in [0.25, 0.3) is 0 Å². The number of carbonyl (C=O) groups is 1. The van der Waals surface area contributed by atoms with E-state index in [1.807, 2.05) is 20.8 Å². The summed E-state index contributed by atoms with van der Waals surface area (Å²) in [5.41, 5.74) is 2.14. The zero-order chi connectivity index (χ0) is 15.1. The van der Waals surface area contributed by atoms with Gasteiger partial charge in [0.05, 0.1) is 13.4 Å². The van der Waals surface area contributed by atoms with E-state index in [0.29, 0.717) is 6.42 Å². The number of ether oxygens (including phenoxy) is 1. The van der Waals surface area contributed by atoms with Gasteiger partial charge in [-0.1, -0.05) is 57.6 Å². The Hall–Kier alpha value is -1.05. The highest BCUT2D eigenvalue weighted by Gasteiger charge is 1.95. The van der Waals surface area contributed by atoms with Crippen LogP contribution in [-0.2, 0) is 9.53 Å². The average Bonchev–Trinajstić information content (AvgIpc) is 2.42. The summed E-state index contributed by atoms with van der Waals surface area (Å²) < 4.78 is 4.74. The van der Waals surface area contributed by atoms with E-state index in [4.69, 9.17) is 4.74 Å². The first-order valence-electron chi connectivity index (χ1n) is 7.30. The summed E-state index contributed by atoms with van der Waals surface area (Å²) in [5, 5.41) is 0. The molecule has 0 aromatic heterocycles. The first-order chi connectivity index (χ1) is 8.95. The molecule has 0 aromatic carbocycles. The monoisotopic (exact) mass is 268 g/mol. The molecule has 0 N–H and O–H groups in total. The number of carbonyl (C=O) groups excluding carboxylic acids is 1. The molecule has 2 nitrogen and oxygen atoms in total. The second-order valence-corrected chi connectivity index (χ2v) is 4.99. The van der Waals surface area contributed by atoms with Crippen LogP contribution in [0.3, 0.4) is 0 Å². The van der Waals surface area contributed by atoms with Gasteiger partial charge in [0.2, 0.25) is 0 Å². The summed E-state index contributed by atoms with van der Waals surface area (Å²) in [4.78, 5) is 9.81. The van der Waals surface area contributed by atoms with E-state index >= 15 is 0 Å². The number of hydrogen-bond donors (Lipinski definition) is 0. The molecule has 0 bridgehead atoms. The number of allylic oxidation sites excluding steroid dienone is 2. The molecule has 0 radical (unpaired) electrons. The van der Waals surface area contributed by atoms with Crippen molar-refractivity contribution in [3.8, 4) is 0 Å². The second kappa shape index (κ2) is 15.0. The first kappa shape index (κ1) is 20.3. The molecule has 0 unspecified atom stereocenters. The molecule has 0 spiro atoms. The maximum atomic E-state index is 9.81. The molecule has 1 fully saturated rings. The molecule has 0 heterocycles. The zero-order valence-corrected chi connectivity index (χ0v) is 13.6. The van der Waals surface area contributed by atoms with Gasteiger partial charge in [0.15, 0.2) is 0 Å². The van der Waals surface area contributed by atoms with Gasteiger partial charge >= 0.3 is 0 Å². The van der Waals surface area contributed by atoms with Crippen molar-refractivity contribution in [2.45, 2.75) is 72.6 Å². The first-order valence-corrected chi connectivity index (χ1v) is 7.30. The van der Waals surface area contributed by atoms with E-state index in [-0.39, 0.29) is 5.78 Å². The van der Waals surface area contributed by atoms with Gasteiger partial charge in [0.1, 0.15) is 5.78 Å². The van der Waals surface area contributed by atoms with Crippen molar-refractivity contribution in [2.24, 2.45) is 0 Å². The van der Waals surface area contributed by atoms with Crippen LogP contribution in [0.4, 0.5) is 0 Å². The Bertz CT molecular complexity index is 249. The van der Waals surface area contributed by atoms with E-state index in [1.54, 1.807) is 20.3 Å². The number of rotatable bonds is 3. The SMILES string of the molecule is C1CCCCC1.C=C(C)/C(C)=C\OC.CCC(C)=O. The molecule has 1 saturated carbocycles. The van der Waals surface area contributed by atoms with Crippen LogP contribution in [0.15, 0.2) is 24.0 Å². The smallest absolute Gasteiger partial charge is 0.129 e. The lowest BCUT2D eigenvalue weighted by molar-refractivity contribution is -0.116. The van der Waals surface area contributed by atoms with E-state index in [1.165, 1.54) is 38.5 Å². The van der Waals surface area contributed by atoms with Gasteiger partial charge in [-0.15, -0.1) is 0 Å². The molecule has 0 atom stereocenters. The predicted octanol–water partition coefficient (Wildman–Crippen LogP) is 5.44. The van der Waals surface area contributed by atoms with E-state index < -0.39 is 0 Å². The van der Waals surface area contributed by atoms with Crippen molar-refractivity contribution >= 4 is 5.78 Å². The molecule has 112 valence electrons. The molecule has 0 aromatic rings. The molecule has 1 aliphatic rings. The summed E-state index contributed by atoms with van der Waals surface area (Å²) in [6.07, 6.45) is 11.3. The lowest BCUT2D eigenvalue weighted by atomic mass is 10.0. The Morgan fingerprint density at radius 1 is 1.05 bits per heavy atom. The van der Waals surface area contributed by atoms with E-state index in [0.717, 1.165) is 11.1 Å². The Balaban J connectivity index is 0. The minimum Gasteiger partial charge on any atom is -0.504 e. The normalized spacial score (nSPS) is 14.3. The predicted molar refractivity (Wildman–Crippen MR) is 84.3 cm³/mol. The molecular formula is C17H32O2. The van der Waals surface area contributed by atoms with Gasteiger partial charge in [0.25, 0.3) is 0 Å². The highest BCUT2D eigenvalue weighted by Crippen LogP contribution is 2.15. The molecule has 0 aliphatic heterocycles. The van der Waals surface area contributed by atoms with Crippen molar-refractivity contribution < 1.29 is 9.53 Å². The molecule has 19 heavy (non-hydrogen) atoms. The highest BCUT2D eigenvalue weighted by molar-refractivity contribution is 5.74. The summed E-state index contributed by atoms with van der Waals surface area (Å²) >= 11 is 0. The standard InChI is InChI=1S/C7H12O.C6H12.C4H8O/c1-6(2)7(3)5-8-4;1-2-4-6-5-3-1;1-3-4(2)5/h5H,1H2,2-4H3;1-6H2;3H2,1-2H3/b7-5-;;. The Morgan fingerprint density at radius 3 is 1.47 bits per heavy atom. The largest absolute Gasteiger partial charge is 0.504 e. The van der Waals surface area contributed by atoms with Crippen molar-refractivity contribution in [3.05, 3.63) is 24.0 Å². The molecule has 1 rings (SSSR count). The Morgan fingerprint density at radius 2 is 1.37 bits per heavy atom. The summed E-state index contributed by atoms with van der Waals surface area (Å²) in [6.45, 7) is 11.1. The molecular weight excluding hydrogens is 236 g/mol. The van der Waals surface area contributed by atoms with Gasteiger partial charge in [0, 0.05) is 6.42 Å². The molecule has 0 saturated heterocycles. The van der Waals surface area contributed by atoms with Crippen molar-refractivity contribution in [1.82, 2.24) is 0 Å². The van der Waals surface area contributed by atoms with Gasteiger partial charge in [-0.2, -0.15) is 0 Å². The molecule has 2 heteroatoms. The number of hydrogen-bond acceptors (Lipinski definition) is 2. The lowest BCUT2D eigenvalue weighted by Gasteiger charge is -2.05. The van der Waals surface area contributed by atoms with Crippen molar-refractivity contribution in [3.63, 3.8) is 0 Å². The topological polar surface area (TPSA) is 26.3 Å². The quantitative estimate of drug-likeness (QED) is 0.503. The van der Waals surface area contributed by atoms with Crippen molar-refractivity contribution in [2.75, 3.05) is 7.11 Å². The maximum absolute atomic E-state index is 9.81. The van der Waals surface area contributed by atoms with Crippen LogP contribution in [0.1, 0.15) is 72.6 Å². The Kier molecular flexibility index (Phi) is 16.0. The summed E-state index contributed by atoms with van der Waals surface area (Å²) in [6, 6.07) is 0. The molecule has 0 amide bonds. The van der Waals surface area contributed by atoms with E-state index in [2.05, 4.69) is 6.58 Å². The summed E-state index contributed by atoms with van der Waals surface area (Å²) in [7, 11) is 1.63. The third-order valence-corrected chi connectivity index (χ3v) is 2.97. The van der Waals surface area contributed by atoms with Crippen LogP contribution < -0.4 is 0 Å². The minimum absolute atomic E-state index is 0.255. The zero-order valence-electron chi connectivity index (χ0n) is 13.6. The number of methoxy groups -OCH3 is 1. The minimum atomic E-state index is 0.255. The molecule has 1 aliphatic carbocycles. The highest BCUT2D eigenvalue weighted by atomic mass is 16.5. The van der Waals surface area contributed by atoms with Crippen LogP contribution in [-0.4, -0.2) is 12.9 Å². The van der Waals surface area contributed by atoms with Gasteiger partial charge in [-0.25, -0.2) is 0 Å². The van der Waals surface area contributed by atoms with Crippen LogP contribution in [0.2, 0.25) is 0 Å². The van der Waals surface area contributed by atoms with Gasteiger partial charge in [-0.3, -0.25) is 0 Å². The Labute approximate surface area is 119 Å². The van der Waals surface area contributed by atoms with E-state index in [9.17, 15) is 4.79 Å². The van der Waals surface area contributed by atoms with Gasteiger partial charge < -0.3 is 9.53 Å². The maximum Gasteiger partial charge on any atom is 0.129 e. The van der Waals surface area contributed by atoms with Crippen LogP contribution in [0.5, 0.6) is 0 Å². The fourth-order valence-electron chi connectivity index (χ4n) is 1.34. The lowest BCUT2D eigenvalue weighted by Crippen LogP contribution is -1.85. The third-order valence-electron chi connectivity index (χ3n) is 2.97.